The van der Waals surface area contributed by atoms with Crippen molar-refractivity contribution in [3.05, 3.63) is 65.3 Å². The monoisotopic (exact) mass is 708 g/mol. The van der Waals surface area contributed by atoms with Gasteiger partial charge in [-0.15, -0.1) is 0 Å². The van der Waals surface area contributed by atoms with Gasteiger partial charge in [-0.2, -0.15) is 0 Å². The Labute approximate surface area is 298 Å². The SMILES string of the molecule is C=C1[C@@H](OC(=O)/C=C/c2ccccc2)C[C@H](OC(C)=O)[C@@]2(C)[C@@H](OC(C)=O)[C@H](OC(C)=O)C3=C(C)[C@@H](OC(C)=O)C[C@@H]([C@@H](OC(C)=O)[C@H]12)C3(C)C. The van der Waals surface area contributed by atoms with Crippen LogP contribution in [0.4, 0.5) is 0 Å². The molecule has 12 nitrogen and oxygen atoms in total. The summed E-state index contributed by atoms with van der Waals surface area (Å²) in [5, 5.41) is 0. The van der Waals surface area contributed by atoms with Crippen LogP contribution in [0.5, 0.6) is 0 Å². The molecule has 2 fully saturated rings. The number of carbonyl (C=O) groups is 6. The second-order valence-electron chi connectivity index (χ2n) is 14.3. The van der Waals surface area contributed by atoms with Gasteiger partial charge in [-0.25, -0.2) is 4.79 Å². The number of fused-ring (bicyclic) bond motifs is 3. The van der Waals surface area contributed by atoms with Crippen LogP contribution in [0, 0.1) is 22.7 Å². The van der Waals surface area contributed by atoms with Crippen LogP contribution in [0.15, 0.2) is 59.7 Å². The minimum absolute atomic E-state index is 0.101. The highest BCUT2D eigenvalue weighted by molar-refractivity contribution is 5.87. The number of carbonyl (C=O) groups excluding carboxylic acids is 6. The van der Waals surface area contributed by atoms with Crippen molar-refractivity contribution in [2.24, 2.45) is 22.7 Å². The average molecular weight is 709 g/mol. The Morgan fingerprint density at radius 3 is 1.84 bits per heavy atom. The molecule has 4 rings (SSSR count). The van der Waals surface area contributed by atoms with E-state index in [4.69, 9.17) is 28.4 Å². The van der Waals surface area contributed by atoms with Crippen molar-refractivity contribution in [1.29, 1.82) is 0 Å². The highest BCUT2D eigenvalue weighted by atomic mass is 16.6. The van der Waals surface area contributed by atoms with Gasteiger partial charge in [0.15, 0.2) is 12.2 Å². The van der Waals surface area contributed by atoms with E-state index in [0.29, 0.717) is 16.7 Å². The van der Waals surface area contributed by atoms with E-state index in [1.165, 1.54) is 40.7 Å². The third kappa shape index (κ3) is 8.10. The second-order valence-corrected chi connectivity index (χ2v) is 14.3. The molecule has 9 atom stereocenters. The van der Waals surface area contributed by atoms with Gasteiger partial charge in [-0.05, 0) is 47.1 Å². The lowest BCUT2D eigenvalue weighted by Crippen LogP contribution is -2.68. The van der Waals surface area contributed by atoms with Crippen LogP contribution in [0.3, 0.4) is 0 Å². The second kappa shape index (κ2) is 15.2. The Morgan fingerprint density at radius 1 is 0.725 bits per heavy atom. The van der Waals surface area contributed by atoms with Crippen LogP contribution in [-0.2, 0) is 57.2 Å². The summed E-state index contributed by atoms with van der Waals surface area (Å²) in [7, 11) is 0. The molecule has 0 aliphatic heterocycles. The zero-order chi connectivity index (χ0) is 38.0. The third-order valence-electron chi connectivity index (χ3n) is 10.5. The first kappa shape index (κ1) is 39.1. The molecule has 0 radical (unpaired) electrons. The van der Waals surface area contributed by atoms with E-state index in [1.54, 1.807) is 19.9 Å². The van der Waals surface area contributed by atoms with Crippen LogP contribution in [0.2, 0.25) is 0 Å². The first-order chi connectivity index (χ1) is 23.8. The number of esters is 6. The number of hydrogen-bond acceptors (Lipinski definition) is 12. The normalized spacial score (nSPS) is 31.3. The molecule has 51 heavy (non-hydrogen) atoms. The van der Waals surface area contributed by atoms with Gasteiger partial charge >= 0.3 is 35.8 Å². The summed E-state index contributed by atoms with van der Waals surface area (Å²) < 4.78 is 36.2. The molecule has 276 valence electrons. The summed E-state index contributed by atoms with van der Waals surface area (Å²) in [6.07, 6.45) is -3.79. The first-order valence-electron chi connectivity index (χ1n) is 17.0. The van der Waals surface area contributed by atoms with Crippen LogP contribution < -0.4 is 0 Å². The van der Waals surface area contributed by atoms with Gasteiger partial charge in [0.1, 0.15) is 24.4 Å². The number of rotatable bonds is 8. The van der Waals surface area contributed by atoms with Crippen molar-refractivity contribution in [2.75, 3.05) is 0 Å². The van der Waals surface area contributed by atoms with Crippen molar-refractivity contribution in [3.63, 3.8) is 0 Å². The Hall–Kier alpha value is -4.74. The van der Waals surface area contributed by atoms with E-state index in [1.807, 2.05) is 44.2 Å². The summed E-state index contributed by atoms with van der Waals surface area (Å²) in [5.74, 6) is -5.65. The maximum Gasteiger partial charge on any atom is 0.331 e. The van der Waals surface area contributed by atoms with Gasteiger partial charge in [0.05, 0.1) is 5.41 Å². The van der Waals surface area contributed by atoms with E-state index in [0.717, 1.165) is 5.56 Å². The number of benzene rings is 1. The highest BCUT2D eigenvalue weighted by Gasteiger charge is 2.68. The van der Waals surface area contributed by atoms with Gasteiger partial charge in [0.25, 0.3) is 0 Å². The largest absolute Gasteiger partial charge is 0.462 e. The summed E-state index contributed by atoms with van der Waals surface area (Å²) in [4.78, 5) is 77.4. The molecule has 0 aromatic heterocycles. The highest BCUT2D eigenvalue weighted by Crippen LogP contribution is 2.61. The molecule has 3 aliphatic carbocycles. The van der Waals surface area contributed by atoms with E-state index in [-0.39, 0.29) is 12.8 Å². The molecule has 1 aromatic carbocycles. The van der Waals surface area contributed by atoms with Gasteiger partial charge in [0.2, 0.25) is 0 Å². The van der Waals surface area contributed by atoms with E-state index >= 15 is 0 Å². The summed E-state index contributed by atoms with van der Waals surface area (Å²) in [5.41, 5.74) is -0.281. The van der Waals surface area contributed by atoms with Crippen molar-refractivity contribution in [2.45, 2.75) is 112 Å². The molecule has 0 heterocycles. The quantitative estimate of drug-likeness (QED) is 0.150. The van der Waals surface area contributed by atoms with Crippen molar-refractivity contribution >= 4 is 41.9 Å². The fourth-order valence-corrected chi connectivity index (χ4v) is 8.51. The average Bonchev–Trinajstić information content (AvgIpc) is 3.01. The molecule has 0 spiro atoms. The molecule has 2 saturated carbocycles. The topological polar surface area (TPSA) is 158 Å². The molecular weight excluding hydrogens is 660 g/mol. The molecule has 0 unspecified atom stereocenters. The van der Waals surface area contributed by atoms with Gasteiger partial charge < -0.3 is 28.4 Å². The fraction of sp³-hybridized carbons (Fsp3) is 0.538. The fourth-order valence-electron chi connectivity index (χ4n) is 8.51. The van der Waals surface area contributed by atoms with Crippen LogP contribution in [0.25, 0.3) is 6.08 Å². The number of ether oxygens (including phenoxy) is 6. The zero-order valence-corrected chi connectivity index (χ0v) is 30.7. The molecule has 0 N–H and O–H groups in total. The molecule has 2 bridgehead atoms. The summed E-state index contributed by atoms with van der Waals surface area (Å²) in [6, 6.07) is 9.13. The van der Waals surface area contributed by atoms with Gasteiger partial charge in [0, 0.05) is 59.0 Å². The zero-order valence-electron chi connectivity index (χ0n) is 30.7. The molecule has 1 aromatic rings. The van der Waals surface area contributed by atoms with Crippen molar-refractivity contribution < 1.29 is 57.2 Å². The lowest BCUT2D eigenvalue weighted by molar-refractivity contribution is -0.230. The maximum atomic E-state index is 13.3. The Kier molecular flexibility index (Phi) is 11.7. The van der Waals surface area contributed by atoms with Crippen molar-refractivity contribution in [1.82, 2.24) is 0 Å². The lowest BCUT2D eigenvalue weighted by atomic mass is 9.48. The van der Waals surface area contributed by atoms with Gasteiger partial charge in [-0.3, -0.25) is 24.0 Å². The lowest BCUT2D eigenvalue weighted by Gasteiger charge is -2.61. The minimum atomic E-state index is -1.49. The summed E-state index contributed by atoms with van der Waals surface area (Å²) >= 11 is 0. The maximum absolute atomic E-state index is 13.3. The third-order valence-corrected chi connectivity index (χ3v) is 10.5. The standard InChI is InChI=1S/C39H48O12/c1-20-29(46-22(3)40)18-28-35(48-24(5)42)34-21(2)30(51-32(45)17-16-27-14-12-11-13-15-27)19-31(47-23(4)41)39(34,10)37(50-26(7)44)36(49-25(6)43)33(20)38(28,8)9/h11-17,28-31,34-37H,2,18-19H2,1,3-10H3/b17-16+/t28-,29-,30-,31-,34-,35+,36+,37-,39+/m0/s1. The molecule has 0 saturated heterocycles. The van der Waals surface area contributed by atoms with Crippen LogP contribution in [0.1, 0.15) is 80.7 Å². The minimum Gasteiger partial charge on any atom is -0.462 e. The Bertz CT molecular complexity index is 1640. The first-order valence-corrected chi connectivity index (χ1v) is 17.0. The molecule has 12 heteroatoms. The van der Waals surface area contributed by atoms with Crippen LogP contribution in [-0.4, -0.2) is 72.4 Å². The van der Waals surface area contributed by atoms with E-state index in [2.05, 4.69) is 6.58 Å². The van der Waals surface area contributed by atoms with Gasteiger partial charge in [-0.1, -0.05) is 57.7 Å². The smallest absolute Gasteiger partial charge is 0.331 e. The predicted octanol–water partition coefficient (Wildman–Crippen LogP) is 5.23. The number of hydrogen-bond donors (Lipinski definition) is 0. The Morgan fingerprint density at radius 2 is 1.29 bits per heavy atom. The van der Waals surface area contributed by atoms with E-state index in [9.17, 15) is 28.8 Å². The molecule has 0 amide bonds. The Balaban J connectivity index is 2.02. The molecular formula is C39H48O12. The summed E-state index contributed by atoms with van der Waals surface area (Å²) in [6.45, 7) is 17.8. The van der Waals surface area contributed by atoms with Crippen molar-refractivity contribution in [3.8, 4) is 0 Å². The predicted molar refractivity (Wildman–Crippen MR) is 183 cm³/mol. The van der Waals surface area contributed by atoms with Crippen LogP contribution >= 0.6 is 0 Å². The van der Waals surface area contributed by atoms with E-state index < -0.39 is 95.1 Å². The molecule has 3 aliphatic rings.